The van der Waals surface area contributed by atoms with Crippen LogP contribution in [-0.4, -0.2) is 29.0 Å². The summed E-state index contributed by atoms with van der Waals surface area (Å²) in [6, 6.07) is 8.10. The van der Waals surface area contributed by atoms with Crippen LogP contribution in [0.5, 0.6) is 5.75 Å². The molecule has 2 rings (SSSR count). The number of hydrogen-bond acceptors (Lipinski definition) is 3. The lowest BCUT2D eigenvalue weighted by molar-refractivity contribution is 0.120. The van der Waals surface area contributed by atoms with E-state index in [1.807, 2.05) is 31.2 Å². The van der Waals surface area contributed by atoms with Crippen molar-refractivity contribution < 1.29 is 9.84 Å². The molecule has 0 aromatic heterocycles. The zero-order chi connectivity index (χ0) is 14.4. The van der Waals surface area contributed by atoms with Crippen molar-refractivity contribution >= 4 is 23.0 Å². The van der Waals surface area contributed by atoms with Gasteiger partial charge in [0.05, 0.1) is 12.7 Å². The van der Waals surface area contributed by atoms with Gasteiger partial charge in [0.1, 0.15) is 5.75 Å². The monoisotopic (exact) mass is 294 g/mol. The van der Waals surface area contributed by atoms with Crippen LogP contribution in [0.2, 0.25) is 0 Å². The average molecular weight is 294 g/mol. The first-order valence-corrected chi connectivity index (χ1v) is 7.56. The molecule has 3 N–H and O–H groups in total. The number of benzene rings is 1. The van der Waals surface area contributed by atoms with Crippen LogP contribution in [0.1, 0.15) is 32.6 Å². The standard InChI is InChI=1S/C15H22N2O2S/c1-2-19-14-9-5-12(6-10-14)17-15(20)16-11-3-7-13(18)8-4-11/h5-6,9-11,13,18H,2-4,7-8H2,1H3,(H2,16,17,20). The van der Waals surface area contributed by atoms with Crippen molar-refractivity contribution in [3.63, 3.8) is 0 Å². The van der Waals surface area contributed by atoms with E-state index in [0.717, 1.165) is 37.1 Å². The Bertz CT molecular complexity index is 428. The van der Waals surface area contributed by atoms with Crippen LogP contribution in [-0.2, 0) is 0 Å². The fourth-order valence-electron chi connectivity index (χ4n) is 2.37. The molecule has 0 amide bonds. The first-order chi connectivity index (χ1) is 9.67. The van der Waals surface area contributed by atoms with Crippen molar-refractivity contribution in [1.29, 1.82) is 0 Å². The highest BCUT2D eigenvalue weighted by Gasteiger charge is 2.19. The summed E-state index contributed by atoms with van der Waals surface area (Å²) in [5.41, 5.74) is 0.946. The predicted molar refractivity (Wildman–Crippen MR) is 85.2 cm³/mol. The molecule has 5 heteroatoms. The summed E-state index contributed by atoms with van der Waals surface area (Å²) >= 11 is 5.31. The fraction of sp³-hybridized carbons (Fsp3) is 0.533. The third-order valence-corrected chi connectivity index (χ3v) is 3.68. The van der Waals surface area contributed by atoms with Gasteiger partial charge in [0, 0.05) is 11.7 Å². The van der Waals surface area contributed by atoms with E-state index in [1.54, 1.807) is 0 Å². The summed E-state index contributed by atoms with van der Waals surface area (Å²) in [4.78, 5) is 0. The van der Waals surface area contributed by atoms with E-state index in [4.69, 9.17) is 17.0 Å². The summed E-state index contributed by atoms with van der Waals surface area (Å²) < 4.78 is 5.40. The molecule has 0 atom stereocenters. The van der Waals surface area contributed by atoms with Crippen molar-refractivity contribution in [3.8, 4) is 5.75 Å². The predicted octanol–water partition coefficient (Wildman–Crippen LogP) is 2.68. The van der Waals surface area contributed by atoms with Gasteiger partial charge in [-0.1, -0.05) is 0 Å². The lowest BCUT2D eigenvalue weighted by Crippen LogP contribution is -2.40. The van der Waals surface area contributed by atoms with Crippen LogP contribution >= 0.6 is 12.2 Å². The minimum Gasteiger partial charge on any atom is -0.494 e. The van der Waals surface area contributed by atoms with Crippen molar-refractivity contribution in [2.24, 2.45) is 0 Å². The summed E-state index contributed by atoms with van der Waals surface area (Å²) in [5, 5.41) is 16.6. The Kier molecular flexibility index (Phi) is 5.61. The largest absolute Gasteiger partial charge is 0.494 e. The fourth-order valence-corrected chi connectivity index (χ4v) is 2.66. The highest BCUT2D eigenvalue weighted by Crippen LogP contribution is 2.19. The maximum Gasteiger partial charge on any atom is 0.170 e. The van der Waals surface area contributed by atoms with E-state index < -0.39 is 0 Å². The molecule has 0 bridgehead atoms. The molecular formula is C15H22N2O2S. The van der Waals surface area contributed by atoms with E-state index in [9.17, 15) is 5.11 Å². The molecule has 0 unspecified atom stereocenters. The van der Waals surface area contributed by atoms with Gasteiger partial charge in [-0.2, -0.15) is 0 Å². The molecule has 1 aliphatic rings. The highest BCUT2D eigenvalue weighted by molar-refractivity contribution is 7.80. The summed E-state index contributed by atoms with van der Waals surface area (Å²) in [6.45, 7) is 2.63. The smallest absolute Gasteiger partial charge is 0.170 e. The van der Waals surface area contributed by atoms with Gasteiger partial charge in [-0.15, -0.1) is 0 Å². The maximum absolute atomic E-state index is 9.48. The molecule has 4 nitrogen and oxygen atoms in total. The molecule has 1 aliphatic carbocycles. The molecule has 0 saturated heterocycles. The van der Waals surface area contributed by atoms with E-state index >= 15 is 0 Å². The number of hydrogen-bond donors (Lipinski definition) is 3. The first-order valence-electron chi connectivity index (χ1n) is 7.16. The second kappa shape index (κ2) is 7.45. The van der Waals surface area contributed by atoms with Crippen LogP contribution in [0.15, 0.2) is 24.3 Å². The second-order valence-electron chi connectivity index (χ2n) is 5.06. The molecule has 1 aromatic carbocycles. The molecular weight excluding hydrogens is 272 g/mol. The lowest BCUT2D eigenvalue weighted by atomic mass is 9.93. The topological polar surface area (TPSA) is 53.5 Å². The Morgan fingerprint density at radius 1 is 1.25 bits per heavy atom. The molecule has 0 spiro atoms. The van der Waals surface area contributed by atoms with Gasteiger partial charge in [-0.25, -0.2) is 0 Å². The van der Waals surface area contributed by atoms with Gasteiger partial charge in [0.2, 0.25) is 0 Å². The number of ether oxygens (including phenoxy) is 1. The van der Waals surface area contributed by atoms with E-state index in [2.05, 4.69) is 10.6 Å². The van der Waals surface area contributed by atoms with Gasteiger partial charge < -0.3 is 20.5 Å². The van der Waals surface area contributed by atoms with Crippen LogP contribution < -0.4 is 15.4 Å². The third kappa shape index (κ3) is 4.65. The van der Waals surface area contributed by atoms with Gasteiger partial charge in [0.25, 0.3) is 0 Å². The Hall–Kier alpha value is -1.33. The van der Waals surface area contributed by atoms with Gasteiger partial charge in [-0.05, 0) is 69.1 Å². The third-order valence-electron chi connectivity index (χ3n) is 3.46. The molecule has 1 fully saturated rings. The lowest BCUT2D eigenvalue weighted by Gasteiger charge is -2.27. The first kappa shape index (κ1) is 15.1. The number of nitrogens with one attached hydrogen (secondary N) is 2. The average Bonchev–Trinajstić information content (AvgIpc) is 2.44. The van der Waals surface area contributed by atoms with Crippen molar-refractivity contribution in [1.82, 2.24) is 5.32 Å². The van der Waals surface area contributed by atoms with Gasteiger partial charge in [0.15, 0.2) is 5.11 Å². The Labute approximate surface area is 125 Å². The normalized spacial score (nSPS) is 22.1. The highest BCUT2D eigenvalue weighted by atomic mass is 32.1. The van der Waals surface area contributed by atoms with Crippen LogP contribution in [0.25, 0.3) is 0 Å². The Morgan fingerprint density at radius 3 is 2.50 bits per heavy atom. The summed E-state index contributed by atoms with van der Waals surface area (Å²) in [5.74, 6) is 0.859. The quantitative estimate of drug-likeness (QED) is 0.746. The van der Waals surface area contributed by atoms with Gasteiger partial charge in [-0.3, -0.25) is 0 Å². The number of aliphatic hydroxyl groups is 1. The summed E-state index contributed by atoms with van der Waals surface area (Å²) in [7, 11) is 0. The van der Waals surface area contributed by atoms with Crippen LogP contribution in [0, 0.1) is 0 Å². The Balaban J connectivity index is 1.79. The molecule has 0 radical (unpaired) electrons. The maximum atomic E-state index is 9.48. The molecule has 1 saturated carbocycles. The number of aliphatic hydroxyl groups excluding tert-OH is 1. The van der Waals surface area contributed by atoms with E-state index in [0.29, 0.717) is 17.8 Å². The molecule has 0 aliphatic heterocycles. The van der Waals surface area contributed by atoms with E-state index in [1.165, 1.54) is 0 Å². The van der Waals surface area contributed by atoms with E-state index in [-0.39, 0.29) is 6.10 Å². The number of rotatable bonds is 4. The van der Waals surface area contributed by atoms with Crippen LogP contribution in [0.3, 0.4) is 0 Å². The molecule has 20 heavy (non-hydrogen) atoms. The molecule has 0 heterocycles. The number of anilines is 1. The van der Waals surface area contributed by atoms with Gasteiger partial charge >= 0.3 is 0 Å². The van der Waals surface area contributed by atoms with Crippen molar-refractivity contribution in [2.45, 2.75) is 44.8 Å². The second-order valence-corrected chi connectivity index (χ2v) is 5.47. The molecule has 1 aromatic rings. The van der Waals surface area contributed by atoms with Crippen molar-refractivity contribution in [2.75, 3.05) is 11.9 Å². The van der Waals surface area contributed by atoms with Crippen LogP contribution in [0.4, 0.5) is 5.69 Å². The number of thiocarbonyl (C=S) groups is 1. The van der Waals surface area contributed by atoms with Crippen molar-refractivity contribution in [3.05, 3.63) is 24.3 Å². The minimum atomic E-state index is -0.138. The summed E-state index contributed by atoms with van der Waals surface area (Å²) in [6.07, 6.45) is 3.49. The zero-order valence-corrected chi connectivity index (χ0v) is 12.6. The molecule has 110 valence electrons. The SMILES string of the molecule is CCOc1ccc(NC(=S)NC2CCC(O)CC2)cc1. The Morgan fingerprint density at radius 2 is 1.90 bits per heavy atom. The zero-order valence-electron chi connectivity index (χ0n) is 11.8. The minimum absolute atomic E-state index is 0.138.